The number of ether oxygens (including phenoxy) is 4. The van der Waals surface area contributed by atoms with Gasteiger partial charge in [-0.2, -0.15) is 10.2 Å². The van der Waals surface area contributed by atoms with Crippen LogP contribution >= 0.6 is 34.8 Å². The smallest absolute Gasteiger partial charge is 0.339 e. The number of methoxy groups -OCH3 is 1. The normalized spacial score (nSPS) is 13.7. The number of aryl methyl sites for hydroxylation is 2. The molecule has 0 amide bonds. The molecule has 346 valence electrons. The monoisotopic (exact) mass is 958 g/mol. The number of carbonyl (C=O) groups excluding carboxylic acids is 1. The predicted molar refractivity (Wildman–Crippen MR) is 252 cm³/mol. The lowest BCUT2D eigenvalue weighted by molar-refractivity contribution is -0.164. The van der Waals surface area contributed by atoms with Crippen LogP contribution in [0.1, 0.15) is 93.8 Å². The Kier molecular flexibility index (Phi) is 13.8. The zero-order chi connectivity index (χ0) is 48.0. The van der Waals surface area contributed by atoms with Gasteiger partial charge in [0, 0.05) is 49.3 Å². The summed E-state index contributed by atoms with van der Waals surface area (Å²) in [7, 11) is 1.31. The van der Waals surface area contributed by atoms with Crippen LogP contribution < -0.4 is 4.74 Å². The molecule has 66 heavy (non-hydrogen) atoms. The Hall–Kier alpha value is -5.64. The minimum atomic E-state index is -1.37. The van der Waals surface area contributed by atoms with Crippen LogP contribution in [-0.4, -0.2) is 71.2 Å². The maximum Gasteiger partial charge on any atom is 0.339 e. The molecule has 17 heteroatoms. The number of nitrogens with zero attached hydrogens (tertiary/aromatic N) is 6. The number of halogens is 4. The van der Waals surface area contributed by atoms with Gasteiger partial charge >= 0.3 is 11.9 Å². The second-order valence-electron chi connectivity index (χ2n) is 17.8. The predicted octanol–water partition coefficient (Wildman–Crippen LogP) is 11.8. The van der Waals surface area contributed by atoms with Crippen LogP contribution in [0.25, 0.3) is 44.8 Å². The highest BCUT2D eigenvalue weighted by molar-refractivity contribution is 6.31. The van der Waals surface area contributed by atoms with E-state index in [1.54, 1.807) is 63.7 Å². The molecule has 1 N–H and O–H groups in total. The lowest BCUT2D eigenvalue weighted by Crippen LogP contribution is -2.29. The van der Waals surface area contributed by atoms with Gasteiger partial charge in [-0.15, -0.1) is 0 Å². The number of carboxylic acid groups (broad SMARTS) is 1. The molecular formula is C49H50Cl3FN6O7. The van der Waals surface area contributed by atoms with Crippen molar-refractivity contribution in [3.05, 3.63) is 122 Å². The first-order chi connectivity index (χ1) is 31.1. The molecule has 0 saturated heterocycles. The van der Waals surface area contributed by atoms with Gasteiger partial charge in [0.25, 0.3) is 0 Å². The number of carboxylic acids is 1. The summed E-state index contributed by atoms with van der Waals surface area (Å²) in [5.41, 5.74) is 7.11. The molecule has 1 aliphatic heterocycles. The molecule has 2 atom stereocenters. The molecule has 0 bridgehead atoms. The van der Waals surface area contributed by atoms with E-state index in [0.29, 0.717) is 73.7 Å². The Morgan fingerprint density at radius 1 is 0.773 bits per heavy atom. The van der Waals surface area contributed by atoms with Crippen molar-refractivity contribution < 1.29 is 38.0 Å². The van der Waals surface area contributed by atoms with Gasteiger partial charge in [0.1, 0.15) is 5.15 Å². The molecule has 8 rings (SSSR count). The highest BCUT2D eigenvalue weighted by atomic mass is 35.5. The summed E-state index contributed by atoms with van der Waals surface area (Å²) in [5, 5.41) is 20.7. The highest BCUT2D eigenvalue weighted by Gasteiger charge is 2.36. The maximum absolute atomic E-state index is 15.4. The van der Waals surface area contributed by atoms with Gasteiger partial charge < -0.3 is 24.1 Å². The van der Waals surface area contributed by atoms with Crippen molar-refractivity contribution in [2.45, 2.75) is 98.6 Å². The first kappa shape index (κ1) is 48.3. The SMILES string of the molecule is COC(=O)C(OC(C)(C)C)c1c(C)nc2c(-c3cccc(Cl)c3)cnn2c1Cl.Cc1nc2c(-c3cccc(Cl)c3)cnn2c(-c2cc(F)c3c(c2C)CCCO3)c1C(OC(C)(C)C)C(=O)O. The number of hydrogen-bond donors (Lipinski definition) is 1. The van der Waals surface area contributed by atoms with Crippen LogP contribution in [0.5, 0.6) is 5.75 Å². The van der Waals surface area contributed by atoms with Gasteiger partial charge in [-0.05, 0) is 122 Å². The van der Waals surface area contributed by atoms with Crippen molar-refractivity contribution in [3.63, 3.8) is 0 Å². The van der Waals surface area contributed by atoms with Crippen LogP contribution in [0.3, 0.4) is 0 Å². The van der Waals surface area contributed by atoms with Gasteiger partial charge in [-0.1, -0.05) is 59.1 Å². The Labute approximate surface area is 396 Å². The van der Waals surface area contributed by atoms with E-state index in [9.17, 15) is 14.7 Å². The van der Waals surface area contributed by atoms with Gasteiger partial charge in [0.05, 0.1) is 48.6 Å². The van der Waals surface area contributed by atoms with Crippen molar-refractivity contribution in [2.24, 2.45) is 0 Å². The number of aromatic nitrogens is 6. The van der Waals surface area contributed by atoms with E-state index >= 15 is 4.39 Å². The fourth-order valence-electron chi connectivity index (χ4n) is 7.96. The third-order valence-corrected chi connectivity index (χ3v) is 11.6. The van der Waals surface area contributed by atoms with E-state index in [1.807, 2.05) is 64.1 Å². The Morgan fingerprint density at radius 2 is 1.30 bits per heavy atom. The van der Waals surface area contributed by atoms with E-state index in [4.69, 9.17) is 58.7 Å². The number of rotatable bonds is 9. The minimum Gasteiger partial charge on any atom is -0.490 e. The molecule has 13 nitrogen and oxygen atoms in total. The summed E-state index contributed by atoms with van der Waals surface area (Å²) in [5.74, 6) is -1.98. The number of benzene rings is 3. The number of fused-ring (bicyclic) bond motifs is 3. The number of hydrogen-bond acceptors (Lipinski definition) is 10. The molecular weight excluding hydrogens is 910 g/mol. The minimum absolute atomic E-state index is 0.246. The highest BCUT2D eigenvalue weighted by Crippen LogP contribution is 2.43. The van der Waals surface area contributed by atoms with Crippen LogP contribution in [0.4, 0.5) is 4.39 Å². The fourth-order valence-corrected chi connectivity index (χ4v) is 8.70. The second-order valence-corrected chi connectivity index (χ2v) is 19.1. The van der Waals surface area contributed by atoms with Crippen molar-refractivity contribution in [2.75, 3.05) is 13.7 Å². The molecule has 0 saturated carbocycles. The Morgan fingerprint density at radius 3 is 1.83 bits per heavy atom. The quantitative estimate of drug-likeness (QED) is 0.109. The maximum atomic E-state index is 15.4. The summed E-state index contributed by atoms with van der Waals surface area (Å²) in [6.45, 7) is 16.8. The largest absolute Gasteiger partial charge is 0.490 e. The van der Waals surface area contributed by atoms with Crippen LogP contribution in [0, 0.1) is 26.6 Å². The first-order valence-electron chi connectivity index (χ1n) is 21.1. The molecule has 0 aliphatic carbocycles. The second kappa shape index (κ2) is 18.9. The molecule has 0 radical (unpaired) electrons. The van der Waals surface area contributed by atoms with E-state index in [1.165, 1.54) is 17.7 Å². The Balaban J connectivity index is 0.000000206. The van der Waals surface area contributed by atoms with Crippen molar-refractivity contribution in [3.8, 4) is 39.3 Å². The van der Waals surface area contributed by atoms with Crippen LogP contribution in [0.15, 0.2) is 67.0 Å². The van der Waals surface area contributed by atoms with Gasteiger partial charge in [0.15, 0.2) is 35.1 Å². The van der Waals surface area contributed by atoms with E-state index in [0.717, 1.165) is 34.2 Å². The summed E-state index contributed by atoms with van der Waals surface area (Å²) in [6, 6.07) is 16.1. The molecule has 0 spiro atoms. The van der Waals surface area contributed by atoms with Crippen LogP contribution in [-0.2, 0) is 30.2 Å². The lowest BCUT2D eigenvalue weighted by atomic mass is 9.90. The number of aliphatic carboxylic acids is 1. The number of carbonyl (C=O) groups is 2. The van der Waals surface area contributed by atoms with Crippen molar-refractivity contribution in [1.29, 1.82) is 0 Å². The first-order valence-corrected chi connectivity index (χ1v) is 22.3. The van der Waals surface area contributed by atoms with E-state index < -0.39 is 41.2 Å². The third kappa shape index (κ3) is 9.89. The summed E-state index contributed by atoms with van der Waals surface area (Å²) < 4.78 is 41.1. The molecule has 7 aromatic rings. The summed E-state index contributed by atoms with van der Waals surface area (Å²) in [4.78, 5) is 34.5. The zero-order valence-electron chi connectivity index (χ0n) is 38.2. The van der Waals surface area contributed by atoms with Gasteiger partial charge in [-0.25, -0.2) is 33.0 Å². The average Bonchev–Trinajstić information content (AvgIpc) is 3.87. The van der Waals surface area contributed by atoms with Crippen molar-refractivity contribution in [1.82, 2.24) is 29.2 Å². The summed E-state index contributed by atoms with van der Waals surface area (Å²) >= 11 is 19.0. The topological polar surface area (TPSA) is 152 Å². The standard InChI is InChI=1S/C29H29ClFN3O4.C20H21Cl2N3O3/c1-15-19-10-7-11-37-25(19)22(31)13-20(15)24-23(26(28(35)36)38-29(3,4)5)16(2)33-27-21(14-32-34(24)27)17-8-6-9-18(30)12-17;1-11-15(16(19(26)27-5)28-20(2,3)4)17(22)25-18(24-11)14(10-23-25)12-7-6-8-13(21)9-12/h6,8-9,12-14,26H,7,10-11H2,1-5H3,(H,35,36);6-10,16H,1-5H3. The fraction of sp³-hybridized carbons (Fsp3) is 0.347. The zero-order valence-corrected chi connectivity index (χ0v) is 40.5. The molecule has 2 unspecified atom stereocenters. The van der Waals surface area contributed by atoms with Crippen molar-refractivity contribution >= 4 is 58.0 Å². The van der Waals surface area contributed by atoms with Gasteiger partial charge in [0.2, 0.25) is 0 Å². The molecule has 1 aliphatic rings. The molecule has 0 fully saturated rings. The lowest BCUT2D eigenvalue weighted by Gasteiger charge is -2.28. The third-order valence-electron chi connectivity index (χ3n) is 10.8. The molecule has 5 heterocycles. The van der Waals surface area contributed by atoms with Gasteiger partial charge in [-0.3, -0.25) is 0 Å². The molecule has 4 aromatic heterocycles. The van der Waals surface area contributed by atoms with E-state index in [-0.39, 0.29) is 10.9 Å². The molecule has 3 aromatic carbocycles. The number of esters is 1. The Bertz CT molecular complexity index is 3010. The summed E-state index contributed by atoms with van der Waals surface area (Å²) in [6.07, 6.45) is 2.36. The van der Waals surface area contributed by atoms with Crippen LogP contribution in [0.2, 0.25) is 15.2 Å². The van der Waals surface area contributed by atoms with E-state index in [2.05, 4.69) is 15.2 Å². The average molecular weight is 960 g/mol.